The Morgan fingerprint density at radius 1 is 0.968 bits per heavy atom. The molecule has 0 aliphatic heterocycles. The number of aliphatic hydroxyl groups is 1. The number of hydrogen-bond acceptors (Lipinski definition) is 5. The fourth-order valence-electron chi connectivity index (χ4n) is 3.45. The first-order chi connectivity index (χ1) is 14.0. The van der Waals surface area contributed by atoms with Gasteiger partial charge in [0.05, 0.1) is 17.3 Å². The lowest BCUT2D eigenvalue weighted by atomic mass is 9.73. The van der Waals surface area contributed by atoms with Crippen LogP contribution in [0.25, 0.3) is 0 Å². The van der Waals surface area contributed by atoms with E-state index in [1.54, 1.807) is 13.8 Å². The third kappa shape index (κ3) is 9.20. The van der Waals surface area contributed by atoms with Gasteiger partial charge in [-0.1, -0.05) is 51.1 Å². The predicted molar refractivity (Wildman–Crippen MR) is 125 cm³/mol. The van der Waals surface area contributed by atoms with Crippen molar-refractivity contribution >= 4 is 6.16 Å². The van der Waals surface area contributed by atoms with E-state index in [1.807, 2.05) is 39.0 Å². The summed E-state index contributed by atoms with van der Waals surface area (Å²) in [6.45, 7) is 19.5. The summed E-state index contributed by atoms with van der Waals surface area (Å²) in [6, 6.07) is 10.3. The van der Waals surface area contributed by atoms with E-state index >= 15 is 0 Å². The fourth-order valence-corrected chi connectivity index (χ4v) is 3.45. The SMILES string of the molecule is CC(CC(C)(C)C(C)(C)OC(=O)OCC(C)C(C)(C)O)OC(C)(C)Cc1ccccc1. The third-order valence-electron chi connectivity index (χ3n) is 6.42. The molecule has 0 spiro atoms. The number of carbonyl (C=O) groups is 1. The van der Waals surface area contributed by atoms with Gasteiger partial charge in [-0.25, -0.2) is 4.79 Å². The minimum atomic E-state index is -0.922. The molecule has 1 aromatic carbocycles. The molecule has 0 bridgehead atoms. The van der Waals surface area contributed by atoms with Crippen molar-refractivity contribution in [2.45, 2.75) is 105 Å². The minimum absolute atomic E-state index is 0.0252. The molecule has 5 heteroatoms. The highest BCUT2D eigenvalue weighted by Gasteiger charge is 2.43. The Balaban J connectivity index is 2.65. The first-order valence-corrected chi connectivity index (χ1v) is 11.2. The average Bonchev–Trinajstić information content (AvgIpc) is 2.57. The molecule has 1 aromatic rings. The Hall–Kier alpha value is -1.59. The summed E-state index contributed by atoms with van der Waals surface area (Å²) in [5, 5.41) is 10.00. The first kappa shape index (κ1) is 27.4. The summed E-state index contributed by atoms with van der Waals surface area (Å²) in [6.07, 6.45) is 0.797. The Kier molecular flexibility index (Phi) is 9.16. The summed E-state index contributed by atoms with van der Waals surface area (Å²) in [4.78, 5) is 12.3. The number of hydrogen-bond donors (Lipinski definition) is 1. The van der Waals surface area contributed by atoms with Crippen molar-refractivity contribution in [3.8, 4) is 0 Å². The lowest BCUT2D eigenvalue weighted by Gasteiger charge is -2.43. The number of ether oxygens (including phenoxy) is 3. The van der Waals surface area contributed by atoms with E-state index in [1.165, 1.54) is 5.56 Å². The van der Waals surface area contributed by atoms with E-state index in [0.29, 0.717) is 6.42 Å². The van der Waals surface area contributed by atoms with Crippen LogP contribution in [-0.4, -0.2) is 40.8 Å². The molecule has 1 N–H and O–H groups in total. The molecule has 0 aliphatic rings. The van der Waals surface area contributed by atoms with Crippen LogP contribution in [0.1, 0.15) is 81.2 Å². The zero-order valence-corrected chi connectivity index (χ0v) is 21.2. The second-order valence-electron chi connectivity index (χ2n) is 11.2. The molecule has 0 saturated carbocycles. The van der Waals surface area contributed by atoms with E-state index in [9.17, 15) is 9.90 Å². The van der Waals surface area contributed by atoms with Gasteiger partial charge in [0.2, 0.25) is 0 Å². The van der Waals surface area contributed by atoms with Gasteiger partial charge in [0, 0.05) is 17.8 Å². The zero-order chi connectivity index (χ0) is 24.1. The van der Waals surface area contributed by atoms with Crippen LogP contribution in [0.3, 0.4) is 0 Å². The second-order valence-corrected chi connectivity index (χ2v) is 11.2. The summed E-state index contributed by atoms with van der Waals surface area (Å²) >= 11 is 0. The largest absolute Gasteiger partial charge is 0.508 e. The van der Waals surface area contributed by atoms with Crippen molar-refractivity contribution < 1.29 is 24.1 Å². The van der Waals surface area contributed by atoms with Crippen molar-refractivity contribution in [1.29, 1.82) is 0 Å². The lowest BCUT2D eigenvalue weighted by molar-refractivity contribution is -0.123. The Bertz CT molecular complexity index is 685. The van der Waals surface area contributed by atoms with Crippen LogP contribution in [-0.2, 0) is 20.6 Å². The quantitative estimate of drug-likeness (QED) is 0.420. The van der Waals surface area contributed by atoms with Crippen LogP contribution >= 0.6 is 0 Å². The maximum absolute atomic E-state index is 12.3. The Morgan fingerprint density at radius 2 is 1.52 bits per heavy atom. The molecule has 5 nitrogen and oxygen atoms in total. The van der Waals surface area contributed by atoms with E-state index < -0.39 is 17.4 Å². The molecule has 0 fully saturated rings. The first-order valence-electron chi connectivity index (χ1n) is 11.2. The molecule has 0 aliphatic carbocycles. The van der Waals surface area contributed by atoms with Gasteiger partial charge in [-0.3, -0.25) is 0 Å². The summed E-state index contributed by atoms with van der Waals surface area (Å²) < 4.78 is 17.3. The van der Waals surface area contributed by atoms with Gasteiger partial charge in [-0.15, -0.1) is 0 Å². The van der Waals surface area contributed by atoms with Gasteiger partial charge < -0.3 is 19.3 Å². The monoisotopic (exact) mass is 436 g/mol. The summed E-state index contributed by atoms with van der Waals surface area (Å²) in [5.74, 6) is -0.198. The van der Waals surface area contributed by atoms with Crippen molar-refractivity contribution in [3.05, 3.63) is 35.9 Å². The van der Waals surface area contributed by atoms with E-state index in [2.05, 4.69) is 46.8 Å². The standard InChI is InChI=1S/C26H44O5/c1-19(25(7,8)28)18-29-22(27)31-26(9,10)23(3,4)16-20(2)30-24(5,6)17-21-14-12-11-13-15-21/h11-15,19-20,28H,16-18H2,1-10H3. The maximum Gasteiger partial charge on any atom is 0.508 e. The van der Waals surface area contributed by atoms with E-state index in [4.69, 9.17) is 14.2 Å². The molecule has 178 valence electrons. The van der Waals surface area contributed by atoms with Gasteiger partial charge in [-0.2, -0.15) is 0 Å². The van der Waals surface area contributed by atoms with Crippen molar-refractivity contribution in [2.24, 2.45) is 11.3 Å². The van der Waals surface area contributed by atoms with Crippen molar-refractivity contribution in [3.63, 3.8) is 0 Å². The summed E-state index contributed by atoms with van der Waals surface area (Å²) in [5.41, 5.74) is -1.10. The van der Waals surface area contributed by atoms with E-state index in [0.717, 1.165) is 6.42 Å². The van der Waals surface area contributed by atoms with Crippen LogP contribution in [0.4, 0.5) is 4.79 Å². The second kappa shape index (κ2) is 10.4. The number of rotatable bonds is 11. The van der Waals surface area contributed by atoms with Gasteiger partial charge >= 0.3 is 6.16 Å². The normalized spacial score (nSPS) is 15.3. The molecule has 2 atom stereocenters. The van der Waals surface area contributed by atoms with Crippen LogP contribution in [0.2, 0.25) is 0 Å². The number of benzene rings is 1. The topological polar surface area (TPSA) is 65.0 Å². The molecule has 31 heavy (non-hydrogen) atoms. The molecule has 0 amide bonds. The van der Waals surface area contributed by atoms with E-state index in [-0.39, 0.29) is 29.6 Å². The van der Waals surface area contributed by atoms with Crippen molar-refractivity contribution in [2.75, 3.05) is 6.61 Å². The highest BCUT2D eigenvalue weighted by atomic mass is 16.7. The molecule has 0 saturated heterocycles. The third-order valence-corrected chi connectivity index (χ3v) is 6.42. The van der Waals surface area contributed by atoms with Crippen LogP contribution in [0.5, 0.6) is 0 Å². The van der Waals surface area contributed by atoms with Gasteiger partial charge in [0.25, 0.3) is 0 Å². The fraction of sp³-hybridized carbons (Fsp3) is 0.731. The van der Waals surface area contributed by atoms with Gasteiger partial charge in [-0.05, 0) is 60.5 Å². The predicted octanol–water partition coefficient (Wildman–Crippen LogP) is 6.17. The number of carbonyl (C=O) groups excluding carboxylic acids is 1. The summed E-state index contributed by atoms with van der Waals surface area (Å²) in [7, 11) is 0. The molecular formula is C26H44O5. The van der Waals surface area contributed by atoms with Crippen LogP contribution in [0, 0.1) is 11.3 Å². The molecule has 2 unspecified atom stereocenters. The highest BCUT2D eigenvalue weighted by Crippen LogP contribution is 2.39. The van der Waals surface area contributed by atoms with Crippen molar-refractivity contribution in [1.82, 2.24) is 0 Å². The average molecular weight is 437 g/mol. The zero-order valence-electron chi connectivity index (χ0n) is 21.2. The van der Waals surface area contributed by atoms with Gasteiger partial charge in [0.1, 0.15) is 12.2 Å². The lowest BCUT2D eigenvalue weighted by Crippen LogP contribution is -2.46. The molecule has 1 rings (SSSR count). The minimum Gasteiger partial charge on any atom is -0.434 e. The Labute approximate surface area is 189 Å². The maximum atomic E-state index is 12.3. The Morgan fingerprint density at radius 3 is 2.03 bits per heavy atom. The molecule has 0 radical (unpaired) electrons. The molecule has 0 heterocycles. The van der Waals surface area contributed by atoms with Gasteiger partial charge in [0.15, 0.2) is 0 Å². The smallest absolute Gasteiger partial charge is 0.434 e. The van der Waals surface area contributed by atoms with Crippen LogP contribution < -0.4 is 0 Å². The molecule has 0 aromatic heterocycles. The molecular weight excluding hydrogens is 392 g/mol. The van der Waals surface area contributed by atoms with Crippen LogP contribution in [0.15, 0.2) is 30.3 Å². The highest BCUT2D eigenvalue weighted by molar-refractivity contribution is 5.60.